The largest absolute Gasteiger partial charge is 0.327 e. The molecule has 90 valence electrons. The van der Waals surface area contributed by atoms with Crippen LogP contribution in [0.1, 0.15) is 37.8 Å². The molecule has 1 aromatic carbocycles. The van der Waals surface area contributed by atoms with Gasteiger partial charge in [-0.05, 0) is 24.0 Å². The van der Waals surface area contributed by atoms with E-state index in [1.807, 2.05) is 6.92 Å². The highest BCUT2D eigenvalue weighted by atomic mass is 32.2. The van der Waals surface area contributed by atoms with Gasteiger partial charge in [0.15, 0.2) is 0 Å². The third kappa shape index (κ3) is 4.45. The highest BCUT2D eigenvalue weighted by Crippen LogP contribution is 2.15. The maximum atomic E-state index is 11.7. The summed E-state index contributed by atoms with van der Waals surface area (Å²) in [7, 11) is -0.843. The van der Waals surface area contributed by atoms with E-state index in [0.29, 0.717) is 17.4 Å². The van der Waals surface area contributed by atoms with Crippen LogP contribution in [0.15, 0.2) is 24.3 Å². The quantitative estimate of drug-likeness (QED) is 0.857. The molecule has 0 aliphatic rings. The lowest BCUT2D eigenvalue weighted by atomic mass is 10.0. The van der Waals surface area contributed by atoms with Gasteiger partial charge >= 0.3 is 0 Å². The van der Waals surface area contributed by atoms with Crippen LogP contribution in [-0.4, -0.2) is 16.0 Å². The molecule has 0 aliphatic carbocycles. The third-order valence-corrected chi connectivity index (χ3v) is 3.98. The molecule has 0 aromatic heterocycles. The van der Waals surface area contributed by atoms with Crippen LogP contribution in [0.25, 0.3) is 0 Å². The molecule has 1 rings (SSSR count). The molecule has 0 saturated carbocycles. The summed E-state index contributed by atoms with van der Waals surface area (Å²) < 4.78 is 11.7. The first-order valence-electron chi connectivity index (χ1n) is 5.68. The Morgan fingerprint density at radius 3 is 2.19 bits per heavy atom. The van der Waals surface area contributed by atoms with Crippen molar-refractivity contribution >= 4 is 10.8 Å². The molecule has 0 heterocycles. The first-order valence-corrected chi connectivity index (χ1v) is 7.17. The smallest absolute Gasteiger partial charge is 0.0486 e. The molecule has 0 aliphatic heterocycles. The summed E-state index contributed by atoms with van der Waals surface area (Å²) in [5.74, 6) is 1.73. The fourth-order valence-corrected chi connectivity index (χ4v) is 2.81. The molecule has 16 heavy (non-hydrogen) atoms. The summed E-state index contributed by atoms with van der Waals surface area (Å²) in [5.41, 5.74) is 8.07. The van der Waals surface area contributed by atoms with Gasteiger partial charge in [-0.2, -0.15) is 0 Å². The van der Waals surface area contributed by atoms with Crippen LogP contribution >= 0.6 is 0 Å². The van der Waals surface area contributed by atoms with Crippen molar-refractivity contribution in [2.45, 2.75) is 38.5 Å². The van der Waals surface area contributed by atoms with Crippen molar-refractivity contribution in [2.24, 2.45) is 5.73 Å². The van der Waals surface area contributed by atoms with Crippen molar-refractivity contribution in [3.8, 4) is 0 Å². The van der Waals surface area contributed by atoms with Gasteiger partial charge in [0.2, 0.25) is 0 Å². The molecule has 2 unspecified atom stereocenters. The number of benzene rings is 1. The SMILES string of the molecule is CC(N)CS(=O)Cc1ccc(C(C)C)cc1. The van der Waals surface area contributed by atoms with Gasteiger partial charge < -0.3 is 5.73 Å². The average Bonchev–Trinajstić information content (AvgIpc) is 2.16. The fraction of sp³-hybridized carbons (Fsp3) is 0.538. The van der Waals surface area contributed by atoms with Crippen LogP contribution in [0.5, 0.6) is 0 Å². The van der Waals surface area contributed by atoms with Crippen molar-refractivity contribution in [1.82, 2.24) is 0 Å². The molecule has 2 N–H and O–H groups in total. The Kier molecular flexibility index (Phi) is 5.16. The molecule has 0 bridgehead atoms. The van der Waals surface area contributed by atoms with Crippen LogP contribution in [0, 0.1) is 0 Å². The zero-order chi connectivity index (χ0) is 12.1. The van der Waals surface area contributed by atoms with Crippen molar-refractivity contribution < 1.29 is 4.21 Å². The monoisotopic (exact) mass is 239 g/mol. The minimum Gasteiger partial charge on any atom is -0.327 e. The molecular weight excluding hydrogens is 218 g/mol. The summed E-state index contributed by atoms with van der Waals surface area (Å²) >= 11 is 0. The van der Waals surface area contributed by atoms with Crippen LogP contribution < -0.4 is 5.73 Å². The topological polar surface area (TPSA) is 43.1 Å². The van der Waals surface area contributed by atoms with E-state index in [-0.39, 0.29) is 6.04 Å². The minimum absolute atomic E-state index is 0.00997. The third-order valence-electron chi connectivity index (χ3n) is 2.42. The van der Waals surface area contributed by atoms with Crippen LogP contribution in [0.4, 0.5) is 0 Å². The van der Waals surface area contributed by atoms with Crippen LogP contribution in [0.2, 0.25) is 0 Å². The van der Waals surface area contributed by atoms with E-state index in [9.17, 15) is 4.21 Å². The number of nitrogens with two attached hydrogens (primary N) is 1. The molecule has 1 aromatic rings. The van der Waals surface area contributed by atoms with Gasteiger partial charge in [-0.1, -0.05) is 38.1 Å². The van der Waals surface area contributed by atoms with E-state index >= 15 is 0 Å². The van der Waals surface area contributed by atoms with Gasteiger partial charge in [-0.3, -0.25) is 4.21 Å². The maximum Gasteiger partial charge on any atom is 0.0486 e. The second-order valence-electron chi connectivity index (χ2n) is 4.62. The Bertz CT molecular complexity index is 343. The normalized spacial score (nSPS) is 15.1. The standard InChI is InChI=1S/C13H21NOS/c1-10(2)13-6-4-12(5-7-13)9-16(15)8-11(3)14/h4-7,10-11H,8-9,14H2,1-3H3. The zero-order valence-electron chi connectivity index (χ0n) is 10.3. The van der Waals surface area contributed by atoms with Gasteiger partial charge in [0.25, 0.3) is 0 Å². The number of hydrogen-bond acceptors (Lipinski definition) is 2. The zero-order valence-corrected chi connectivity index (χ0v) is 11.1. The number of rotatable bonds is 5. The Balaban J connectivity index is 2.58. The first-order chi connectivity index (χ1) is 7.49. The highest BCUT2D eigenvalue weighted by molar-refractivity contribution is 7.84. The predicted octanol–water partition coefficient (Wildman–Crippen LogP) is 2.41. The summed E-state index contributed by atoms with van der Waals surface area (Å²) in [6.07, 6.45) is 0. The average molecular weight is 239 g/mol. The van der Waals surface area contributed by atoms with Gasteiger partial charge in [0.1, 0.15) is 0 Å². The molecule has 0 radical (unpaired) electrons. The minimum atomic E-state index is -0.843. The van der Waals surface area contributed by atoms with Gasteiger partial charge in [-0.15, -0.1) is 0 Å². The second kappa shape index (κ2) is 6.16. The van der Waals surface area contributed by atoms with Crippen LogP contribution in [0.3, 0.4) is 0 Å². The van der Waals surface area contributed by atoms with E-state index in [1.165, 1.54) is 5.56 Å². The van der Waals surface area contributed by atoms with Gasteiger partial charge in [0.05, 0.1) is 0 Å². The predicted molar refractivity (Wildman–Crippen MR) is 70.9 cm³/mol. The Morgan fingerprint density at radius 2 is 1.75 bits per heavy atom. The van der Waals surface area contributed by atoms with E-state index in [2.05, 4.69) is 38.1 Å². The van der Waals surface area contributed by atoms with E-state index in [0.717, 1.165) is 5.56 Å². The van der Waals surface area contributed by atoms with Gasteiger partial charge in [0, 0.05) is 28.3 Å². The summed E-state index contributed by atoms with van der Waals surface area (Å²) in [6, 6.07) is 8.37. The molecule has 0 spiro atoms. The Morgan fingerprint density at radius 1 is 1.19 bits per heavy atom. The molecule has 0 fully saturated rings. The summed E-state index contributed by atoms with van der Waals surface area (Å²) in [4.78, 5) is 0. The number of hydrogen-bond donors (Lipinski definition) is 1. The second-order valence-corrected chi connectivity index (χ2v) is 6.13. The Hall–Kier alpha value is -0.670. The maximum absolute atomic E-state index is 11.7. The van der Waals surface area contributed by atoms with Crippen LogP contribution in [-0.2, 0) is 16.6 Å². The summed E-state index contributed by atoms with van der Waals surface area (Å²) in [5, 5.41) is 0. The summed E-state index contributed by atoms with van der Waals surface area (Å²) in [6.45, 7) is 6.23. The van der Waals surface area contributed by atoms with E-state index in [4.69, 9.17) is 5.73 Å². The van der Waals surface area contributed by atoms with Crippen molar-refractivity contribution in [2.75, 3.05) is 5.75 Å². The van der Waals surface area contributed by atoms with E-state index in [1.54, 1.807) is 0 Å². The Labute approximate surface area is 101 Å². The van der Waals surface area contributed by atoms with Crippen molar-refractivity contribution in [3.05, 3.63) is 35.4 Å². The first kappa shape index (κ1) is 13.4. The highest BCUT2D eigenvalue weighted by Gasteiger charge is 2.05. The van der Waals surface area contributed by atoms with E-state index < -0.39 is 10.8 Å². The lowest BCUT2D eigenvalue weighted by molar-refractivity contribution is 0.676. The lowest BCUT2D eigenvalue weighted by Gasteiger charge is -2.08. The van der Waals surface area contributed by atoms with Gasteiger partial charge in [-0.25, -0.2) is 0 Å². The van der Waals surface area contributed by atoms with Crippen molar-refractivity contribution in [3.63, 3.8) is 0 Å². The molecule has 2 atom stereocenters. The molecule has 2 nitrogen and oxygen atoms in total. The fourth-order valence-electron chi connectivity index (χ4n) is 1.54. The van der Waals surface area contributed by atoms with Crippen molar-refractivity contribution in [1.29, 1.82) is 0 Å². The molecule has 3 heteroatoms. The molecule has 0 amide bonds. The lowest BCUT2D eigenvalue weighted by Crippen LogP contribution is -2.23. The molecule has 0 saturated heterocycles. The molecular formula is C13H21NOS.